The summed E-state index contributed by atoms with van der Waals surface area (Å²) >= 11 is 0. The Labute approximate surface area is 113 Å². The molecule has 1 saturated heterocycles. The van der Waals surface area contributed by atoms with Crippen LogP contribution >= 0.6 is 0 Å². The number of aromatic nitrogens is 3. The van der Waals surface area contributed by atoms with Gasteiger partial charge in [-0.15, -0.1) is 0 Å². The number of aromatic amines is 1. The molecule has 0 bridgehead atoms. The average molecular weight is 298 g/mol. The molecular formula is C10H10N4O5S. The summed E-state index contributed by atoms with van der Waals surface area (Å²) in [5.74, 6) is -2.18. The quantitative estimate of drug-likeness (QED) is 0.660. The molecule has 0 aliphatic carbocycles. The normalized spacial score (nSPS) is 24.3. The molecule has 10 heteroatoms. The summed E-state index contributed by atoms with van der Waals surface area (Å²) in [6, 6.07) is 0. The number of aliphatic carboxylic acids is 1. The van der Waals surface area contributed by atoms with E-state index in [0.29, 0.717) is 5.69 Å². The van der Waals surface area contributed by atoms with Crippen molar-refractivity contribution < 1.29 is 23.1 Å². The zero-order valence-electron chi connectivity index (χ0n) is 10.1. The topological polar surface area (TPSA) is 133 Å². The second kappa shape index (κ2) is 4.13. The number of nitrogens with one attached hydrogen (secondary N) is 1. The molecule has 2 aliphatic rings. The maximum absolute atomic E-state index is 12.0. The van der Waals surface area contributed by atoms with Crippen LogP contribution in [-0.4, -0.2) is 56.8 Å². The average Bonchev–Trinajstić information content (AvgIpc) is 2.82. The van der Waals surface area contributed by atoms with E-state index >= 15 is 0 Å². The van der Waals surface area contributed by atoms with Gasteiger partial charge in [0.1, 0.15) is 11.1 Å². The summed E-state index contributed by atoms with van der Waals surface area (Å²) in [7, 11) is -3.55. The minimum Gasteiger partial charge on any atom is -0.477 e. The van der Waals surface area contributed by atoms with Crippen LogP contribution in [0.4, 0.5) is 0 Å². The predicted octanol–water partition coefficient (Wildman–Crippen LogP) is -1.33. The summed E-state index contributed by atoms with van der Waals surface area (Å²) in [4.78, 5) is 23.8. The van der Waals surface area contributed by atoms with Gasteiger partial charge in [0.25, 0.3) is 0 Å². The molecule has 1 fully saturated rings. The summed E-state index contributed by atoms with van der Waals surface area (Å²) in [6.45, 7) is 0. The SMILES string of the molecule is O=C(O)C1=C(Cc2cn[nH]n2)CS(=O)(=O)[C@@H]2CC(=O)N12. The van der Waals surface area contributed by atoms with Gasteiger partial charge in [0, 0.05) is 6.42 Å². The molecule has 3 heterocycles. The van der Waals surface area contributed by atoms with Gasteiger partial charge in [-0.3, -0.25) is 9.69 Å². The van der Waals surface area contributed by atoms with E-state index in [1.54, 1.807) is 0 Å². The number of hydrogen-bond donors (Lipinski definition) is 2. The minimum absolute atomic E-state index is 0.0217. The highest BCUT2D eigenvalue weighted by Crippen LogP contribution is 2.36. The van der Waals surface area contributed by atoms with Gasteiger partial charge in [0.15, 0.2) is 9.84 Å². The molecule has 0 spiro atoms. The van der Waals surface area contributed by atoms with Crippen LogP contribution in [0.25, 0.3) is 0 Å². The van der Waals surface area contributed by atoms with Crippen LogP contribution in [0.5, 0.6) is 0 Å². The fourth-order valence-corrected chi connectivity index (χ4v) is 4.30. The lowest BCUT2D eigenvalue weighted by molar-refractivity contribution is -0.146. The Hall–Kier alpha value is -2.23. The van der Waals surface area contributed by atoms with Gasteiger partial charge in [-0.25, -0.2) is 13.2 Å². The first-order valence-electron chi connectivity index (χ1n) is 5.74. The lowest BCUT2D eigenvalue weighted by Gasteiger charge is -2.43. The lowest BCUT2D eigenvalue weighted by atomic mass is 10.0. The molecule has 0 saturated carbocycles. The highest BCUT2D eigenvalue weighted by Gasteiger charge is 2.52. The molecule has 106 valence electrons. The molecule has 1 atom stereocenters. The van der Waals surface area contributed by atoms with Crippen LogP contribution in [0.2, 0.25) is 0 Å². The molecule has 2 N–H and O–H groups in total. The Kier molecular flexibility index (Phi) is 2.64. The molecule has 2 aliphatic heterocycles. The number of carboxylic acids is 1. The van der Waals surface area contributed by atoms with E-state index in [0.717, 1.165) is 4.90 Å². The van der Waals surface area contributed by atoms with Crippen LogP contribution in [0, 0.1) is 0 Å². The highest BCUT2D eigenvalue weighted by atomic mass is 32.2. The first-order chi connectivity index (χ1) is 9.40. The van der Waals surface area contributed by atoms with Gasteiger partial charge in [-0.05, 0) is 5.57 Å². The van der Waals surface area contributed by atoms with Crippen molar-refractivity contribution in [2.75, 3.05) is 5.75 Å². The van der Waals surface area contributed by atoms with Crippen molar-refractivity contribution in [1.82, 2.24) is 20.3 Å². The van der Waals surface area contributed by atoms with Gasteiger partial charge in [0.05, 0.1) is 24.1 Å². The van der Waals surface area contributed by atoms with Gasteiger partial charge in [-0.2, -0.15) is 15.4 Å². The molecule has 9 nitrogen and oxygen atoms in total. The third kappa shape index (κ3) is 1.80. The van der Waals surface area contributed by atoms with Crippen molar-refractivity contribution >= 4 is 21.7 Å². The Morgan fingerprint density at radius 2 is 2.30 bits per heavy atom. The lowest BCUT2D eigenvalue weighted by Crippen LogP contribution is -2.60. The Morgan fingerprint density at radius 3 is 2.85 bits per heavy atom. The number of carbonyl (C=O) groups is 2. The third-order valence-corrected chi connectivity index (χ3v) is 5.29. The van der Waals surface area contributed by atoms with Gasteiger partial charge in [-0.1, -0.05) is 0 Å². The molecular weight excluding hydrogens is 288 g/mol. The molecule has 20 heavy (non-hydrogen) atoms. The van der Waals surface area contributed by atoms with Crippen molar-refractivity contribution in [3.63, 3.8) is 0 Å². The second-order valence-electron chi connectivity index (χ2n) is 4.63. The Morgan fingerprint density at radius 1 is 1.55 bits per heavy atom. The first kappa shape index (κ1) is 12.8. The van der Waals surface area contributed by atoms with Gasteiger partial charge >= 0.3 is 5.97 Å². The van der Waals surface area contributed by atoms with E-state index in [2.05, 4.69) is 15.4 Å². The molecule has 1 aromatic heterocycles. The fraction of sp³-hybridized carbons (Fsp3) is 0.400. The number of amides is 1. The van der Waals surface area contributed by atoms with Crippen molar-refractivity contribution in [3.05, 3.63) is 23.2 Å². The van der Waals surface area contributed by atoms with Crippen LogP contribution in [0.3, 0.4) is 0 Å². The molecule has 0 unspecified atom stereocenters. The second-order valence-corrected chi connectivity index (χ2v) is 6.78. The summed E-state index contributed by atoms with van der Waals surface area (Å²) in [5, 5.41) is 17.9. The van der Waals surface area contributed by atoms with E-state index in [9.17, 15) is 23.1 Å². The molecule has 0 aromatic carbocycles. The van der Waals surface area contributed by atoms with Crippen molar-refractivity contribution in [2.45, 2.75) is 18.2 Å². The standard InChI is InChI=1S/C10H10N4O5S/c15-7-2-8-14(7)9(10(16)17)5(4-20(8,18)19)1-6-3-11-13-12-6/h3,8H,1-2,4H2,(H,16,17)(H,11,12,13)/t8-/m1/s1. The number of fused-ring (bicyclic) bond motifs is 1. The van der Waals surface area contributed by atoms with Gasteiger partial charge in [0.2, 0.25) is 5.91 Å². The third-order valence-electron chi connectivity index (χ3n) is 3.33. The van der Waals surface area contributed by atoms with E-state index in [1.165, 1.54) is 6.20 Å². The number of carbonyl (C=O) groups excluding carboxylic acids is 1. The van der Waals surface area contributed by atoms with Gasteiger partial charge < -0.3 is 5.11 Å². The Balaban J connectivity index is 2.08. The number of β-lactam (4-membered cyclic amide) rings is 1. The summed E-state index contributed by atoms with van der Waals surface area (Å²) in [6.07, 6.45) is 1.24. The minimum atomic E-state index is -3.55. The number of H-pyrrole nitrogens is 1. The number of sulfone groups is 1. The largest absolute Gasteiger partial charge is 0.477 e. The molecule has 3 rings (SSSR count). The monoisotopic (exact) mass is 298 g/mol. The number of carboxylic acid groups (broad SMARTS) is 1. The van der Waals surface area contributed by atoms with Crippen LogP contribution < -0.4 is 0 Å². The zero-order valence-corrected chi connectivity index (χ0v) is 10.9. The number of nitrogens with zero attached hydrogens (tertiary/aromatic N) is 3. The van der Waals surface area contributed by atoms with E-state index in [1.807, 2.05) is 0 Å². The predicted molar refractivity (Wildman–Crippen MR) is 63.8 cm³/mol. The molecule has 1 aromatic rings. The number of hydrogen-bond acceptors (Lipinski definition) is 6. The maximum Gasteiger partial charge on any atom is 0.352 e. The van der Waals surface area contributed by atoms with E-state index < -0.39 is 27.1 Å². The van der Waals surface area contributed by atoms with Crippen LogP contribution in [-0.2, 0) is 25.8 Å². The van der Waals surface area contributed by atoms with E-state index in [-0.39, 0.29) is 29.9 Å². The fourth-order valence-electron chi connectivity index (χ4n) is 2.44. The highest BCUT2D eigenvalue weighted by molar-refractivity contribution is 7.92. The smallest absolute Gasteiger partial charge is 0.352 e. The van der Waals surface area contributed by atoms with Crippen LogP contribution in [0.15, 0.2) is 17.5 Å². The molecule has 1 amide bonds. The molecule has 0 radical (unpaired) electrons. The van der Waals surface area contributed by atoms with Crippen molar-refractivity contribution in [2.24, 2.45) is 0 Å². The zero-order chi connectivity index (χ0) is 14.5. The Bertz CT molecular complexity index is 721. The maximum atomic E-state index is 12.0. The first-order valence-corrected chi connectivity index (χ1v) is 7.45. The summed E-state index contributed by atoms with van der Waals surface area (Å²) < 4.78 is 24.1. The van der Waals surface area contributed by atoms with E-state index in [4.69, 9.17) is 0 Å². The van der Waals surface area contributed by atoms with Crippen molar-refractivity contribution in [1.29, 1.82) is 0 Å². The van der Waals surface area contributed by atoms with Crippen molar-refractivity contribution in [3.8, 4) is 0 Å². The van der Waals surface area contributed by atoms with Crippen LogP contribution in [0.1, 0.15) is 12.1 Å². The number of rotatable bonds is 3. The summed E-state index contributed by atoms with van der Waals surface area (Å²) in [5.41, 5.74) is 0.320.